The number of pyridine rings is 1. The lowest BCUT2D eigenvalue weighted by Crippen LogP contribution is -2.52. The van der Waals surface area contributed by atoms with Crippen molar-refractivity contribution in [3.63, 3.8) is 0 Å². The smallest absolute Gasteiger partial charge is 0.340 e. The Hall–Kier alpha value is -3.55. The molecule has 1 aliphatic carbocycles. The minimum atomic E-state index is -1.72. The highest BCUT2D eigenvalue weighted by molar-refractivity contribution is 6.18. The summed E-state index contributed by atoms with van der Waals surface area (Å²) < 4.78 is 12.5. The summed E-state index contributed by atoms with van der Waals surface area (Å²) in [4.78, 5) is 42.9. The maximum atomic E-state index is 14.2. The molecule has 8 heteroatoms. The quantitative estimate of drug-likeness (QED) is 0.739. The third-order valence-corrected chi connectivity index (χ3v) is 6.53. The number of ether oxygens (including phenoxy) is 2. The molecule has 1 amide bonds. The third-order valence-electron chi connectivity index (χ3n) is 6.53. The number of methoxy groups -OCH3 is 1. The Morgan fingerprint density at radius 1 is 1.28 bits per heavy atom. The first-order valence-electron chi connectivity index (χ1n) is 10.8. The molecule has 1 unspecified atom stereocenters. The molecule has 0 saturated heterocycles. The van der Waals surface area contributed by atoms with Gasteiger partial charge < -0.3 is 24.7 Å². The fourth-order valence-corrected chi connectivity index (χ4v) is 5.15. The van der Waals surface area contributed by atoms with E-state index in [-0.39, 0.29) is 34.4 Å². The van der Waals surface area contributed by atoms with Crippen molar-refractivity contribution in [3.05, 3.63) is 69.0 Å². The number of fused-ring (bicyclic) bond motifs is 4. The van der Waals surface area contributed by atoms with Crippen molar-refractivity contribution in [1.29, 1.82) is 0 Å². The minimum absolute atomic E-state index is 0.0770. The second kappa shape index (κ2) is 6.98. The van der Waals surface area contributed by atoms with E-state index < -0.39 is 17.3 Å². The first-order valence-corrected chi connectivity index (χ1v) is 10.8. The number of hydrogen-bond acceptors (Lipinski definition) is 6. The second-order valence-corrected chi connectivity index (χ2v) is 8.49. The molecule has 2 aliphatic heterocycles. The first-order chi connectivity index (χ1) is 15.4. The highest BCUT2D eigenvalue weighted by Crippen LogP contribution is 2.55. The van der Waals surface area contributed by atoms with Crippen LogP contribution in [-0.2, 0) is 19.7 Å². The molecule has 0 radical (unpaired) electrons. The van der Waals surface area contributed by atoms with Gasteiger partial charge in [-0.15, -0.1) is 0 Å². The van der Waals surface area contributed by atoms with Crippen molar-refractivity contribution in [2.75, 3.05) is 18.6 Å². The molecule has 1 spiro atoms. The van der Waals surface area contributed by atoms with Crippen LogP contribution in [0.15, 0.2) is 46.6 Å². The van der Waals surface area contributed by atoms with Gasteiger partial charge in [-0.3, -0.25) is 9.59 Å². The van der Waals surface area contributed by atoms with Crippen LogP contribution in [0, 0.1) is 6.92 Å². The lowest BCUT2D eigenvalue weighted by atomic mass is 9.68. The molecule has 2 aromatic rings. The van der Waals surface area contributed by atoms with Gasteiger partial charge in [0.15, 0.2) is 0 Å². The van der Waals surface area contributed by atoms with E-state index in [4.69, 9.17) is 15.2 Å². The number of benzene rings is 1. The summed E-state index contributed by atoms with van der Waals surface area (Å²) in [6.45, 7) is 4.23. The monoisotopic (exact) mass is 435 g/mol. The molecule has 3 aliphatic rings. The van der Waals surface area contributed by atoms with Crippen LogP contribution in [0.2, 0.25) is 0 Å². The highest BCUT2D eigenvalue weighted by atomic mass is 16.5. The molecular formula is C24H25N3O5. The number of para-hydroxylation sites is 1. The molecule has 32 heavy (non-hydrogen) atoms. The van der Waals surface area contributed by atoms with Gasteiger partial charge in [-0.05, 0) is 32.3 Å². The van der Waals surface area contributed by atoms with Crippen LogP contribution in [0.4, 0.5) is 5.69 Å². The van der Waals surface area contributed by atoms with Crippen molar-refractivity contribution < 1.29 is 19.1 Å². The summed E-state index contributed by atoms with van der Waals surface area (Å²) in [6.07, 6.45) is 2.48. The lowest BCUT2D eigenvalue weighted by molar-refractivity contribution is -0.138. The van der Waals surface area contributed by atoms with E-state index in [1.54, 1.807) is 27.7 Å². The SMILES string of the molecule is CCCN1C(=O)C2(C(C(=O)OC)=C(N)Oc3cc(C)n(C4CC4)c(=O)c32)c2ccccc21. The van der Waals surface area contributed by atoms with E-state index >= 15 is 0 Å². The van der Waals surface area contributed by atoms with Gasteiger partial charge >= 0.3 is 5.97 Å². The van der Waals surface area contributed by atoms with E-state index in [1.807, 2.05) is 26.0 Å². The topological polar surface area (TPSA) is 104 Å². The fourth-order valence-electron chi connectivity index (χ4n) is 5.15. The molecule has 1 atom stereocenters. The van der Waals surface area contributed by atoms with E-state index in [0.717, 1.165) is 18.5 Å². The molecule has 1 aromatic heterocycles. The second-order valence-electron chi connectivity index (χ2n) is 8.49. The molecule has 166 valence electrons. The van der Waals surface area contributed by atoms with Gasteiger partial charge in [0.25, 0.3) is 5.56 Å². The van der Waals surface area contributed by atoms with E-state index in [9.17, 15) is 14.4 Å². The van der Waals surface area contributed by atoms with Gasteiger partial charge in [0.1, 0.15) is 16.7 Å². The summed E-state index contributed by atoms with van der Waals surface area (Å²) in [5.41, 5.74) is 6.09. The zero-order valence-electron chi connectivity index (χ0n) is 18.3. The maximum Gasteiger partial charge on any atom is 0.340 e. The summed E-state index contributed by atoms with van der Waals surface area (Å²) >= 11 is 0. The van der Waals surface area contributed by atoms with Crippen LogP contribution in [0.1, 0.15) is 49.0 Å². The number of anilines is 1. The summed E-state index contributed by atoms with van der Waals surface area (Å²) in [7, 11) is 1.22. The first kappa shape index (κ1) is 20.4. The average Bonchev–Trinajstić information content (AvgIpc) is 3.57. The number of carbonyl (C=O) groups is 2. The molecular weight excluding hydrogens is 410 g/mol. The van der Waals surface area contributed by atoms with E-state index in [2.05, 4.69) is 0 Å². The van der Waals surface area contributed by atoms with E-state index in [1.165, 1.54) is 7.11 Å². The number of hydrogen-bond donors (Lipinski definition) is 1. The van der Waals surface area contributed by atoms with Crippen LogP contribution in [0.5, 0.6) is 5.75 Å². The number of rotatable bonds is 4. The zero-order chi connectivity index (χ0) is 22.8. The van der Waals surface area contributed by atoms with Crippen LogP contribution < -0.4 is 20.9 Å². The predicted octanol–water partition coefficient (Wildman–Crippen LogP) is 2.27. The van der Waals surface area contributed by atoms with Gasteiger partial charge in [0, 0.05) is 35.6 Å². The van der Waals surface area contributed by atoms with Crippen molar-refractivity contribution in [3.8, 4) is 5.75 Å². The standard InChI is InChI=1S/C24H25N3O5/c1-4-11-26-16-8-6-5-7-15(16)24(23(26)30)18-17(32-20(25)19(24)22(29)31-3)12-13(2)27(21(18)28)14-9-10-14/h5-8,12,14H,4,9-11,25H2,1-3H3. The molecule has 8 nitrogen and oxygen atoms in total. The van der Waals surface area contributed by atoms with E-state index in [0.29, 0.717) is 24.2 Å². The van der Waals surface area contributed by atoms with Gasteiger partial charge in [0.05, 0.1) is 12.7 Å². The van der Waals surface area contributed by atoms with Gasteiger partial charge in [0.2, 0.25) is 11.8 Å². The molecule has 2 N–H and O–H groups in total. The Morgan fingerprint density at radius 2 is 2.00 bits per heavy atom. The van der Waals surface area contributed by atoms with Crippen molar-refractivity contribution >= 4 is 17.6 Å². The summed E-state index contributed by atoms with van der Waals surface area (Å²) in [5.74, 6) is -1.21. The molecule has 1 fully saturated rings. The molecule has 5 rings (SSSR count). The number of amides is 1. The average molecular weight is 435 g/mol. The molecule has 1 aromatic carbocycles. The zero-order valence-corrected chi connectivity index (χ0v) is 18.3. The summed E-state index contributed by atoms with van der Waals surface area (Å²) in [6, 6.07) is 9.03. The summed E-state index contributed by atoms with van der Waals surface area (Å²) in [5, 5.41) is 0. The maximum absolute atomic E-state index is 14.2. The predicted molar refractivity (Wildman–Crippen MR) is 117 cm³/mol. The van der Waals surface area contributed by atoms with Crippen LogP contribution in [-0.4, -0.2) is 30.1 Å². The molecule has 3 heterocycles. The number of nitrogens with two attached hydrogens (primary N) is 1. The number of aromatic nitrogens is 1. The Bertz CT molecular complexity index is 1260. The van der Waals surface area contributed by atoms with Crippen LogP contribution >= 0.6 is 0 Å². The van der Waals surface area contributed by atoms with Crippen molar-refractivity contribution in [1.82, 2.24) is 4.57 Å². The molecule has 1 saturated carbocycles. The van der Waals surface area contributed by atoms with Crippen molar-refractivity contribution in [2.45, 2.75) is 44.6 Å². The number of esters is 1. The highest BCUT2D eigenvalue weighted by Gasteiger charge is 2.62. The third kappa shape index (κ3) is 2.46. The van der Waals surface area contributed by atoms with Crippen LogP contribution in [0.25, 0.3) is 0 Å². The lowest BCUT2D eigenvalue weighted by Gasteiger charge is -2.36. The minimum Gasteiger partial charge on any atom is -0.465 e. The number of nitrogens with zero attached hydrogens (tertiary/aromatic N) is 2. The van der Waals surface area contributed by atoms with Gasteiger partial charge in [-0.25, -0.2) is 4.79 Å². The number of aryl methyl sites for hydroxylation is 1. The Kier molecular flexibility index (Phi) is 4.44. The van der Waals surface area contributed by atoms with Crippen molar-refractivity contribution in [2.24, 2.45) is 5.73 Å². The Labute approximate surface area is 185 Å². The largest absolute Gasteiger partial charge is 0.465 e. The normalized spacial score (nSPS) is 21.5. The number of carbonyl (C=O) groups excluding carboxylic acids is 2. The Balaban J connectivity index is 1.94. The Morgan fingerprint density at radius 3 is 2.66 bits per heavy atom. The molecule has 0 bridgehead atoms. The van der Waals surface area contributed by atoms with Gasteiger partial charge in [-0.2, -0.15) is 0 Å². The van der Waals surface area contributed by atoms with Crippen LogP contribution in [0.3, 0.4) is 0 Å². The van der Waals surface area contributed by atoms with Gasteiger partial charge in [-0.1, -0.05) is 25.1 Å². The fraction of sp³-hybridized carbons (Fsp3) is 0.375.